The van der Waals surface area contributed by atoms with Crippen LogP contribution < -0.4 is 21.8 Å². The van der Waals surface area contributed by atoms with Crippen LogP contribution in [0.15, 0.2) is 42.5 Å². The monoisotopic (exact) mass is 414 g/mol. The maximum absolute atomic E-state index is 12.4. The van der Waals surface area contributed by atoms with E-state index in [1.165, 1.54) is 0 Å². The Balaban J connectivity index is 1.80. The summed E-state index contributed by atoms with van der Waals surface area (Å²) in [5.74, 6) is -1.16. The second-order valence-electron chi connectivity index (χ2n) is 7.63. The summed E-state index contributed by atoms with van der Waals surface area (Å²) in [5.41, 5.74) is 9.00. The van der Waals surface area contributed by atoms with Gasteiger partial charge in [0.25, 0.3) is 0 Å². The number of hydrogen-bond donors (Lipinski definition) is 4. The van der Waals surface area contributed by atoms with Crippen molar-refractivity contribution in [3.8, 4) is 0 Å². The lowest BCUT2D eigenvalue weighted by molar-refractivity contribution is -0.137. The van der Waals surface area contributed by atoms with E-state index in [2.05, 4.69) is 16.1 Å². The second-order valence-corrected chi connectivity index (χ2v) is 7.63. The van der Waals surface area contributed by atoms with Gasteiger partial charge in [-0.3, -0.25) is 19.2 Å². The Hall–Kier alpha value is -2.97. The van der Waals surface area contributed by atoms with Gasteiger partial charge in [-0.15, -0.1) is 0 Å². The zero-order valence-electron chi connectivity index (χ0n) is 17.6. The molecule has 0 aliphatic carbocycles. The molecular formula is C22H30N4O4. The van der Waals surface area contributed by atoms with E-state index in [9.17, 15) is 14.4 Å². The molecular weight excluding hydrogens is 384 g/mol. The predicted octanol–water partition coefficient (Wildman–Crippen LogP) is 1.38. The zero-order chi connectivity index (χ0) is 22.1. The van der Waals surface area contributed by atoms with Gasteiger partial charge in [-0.05, 0) is 29.2 Å². The van der Waals surface area contributed by atoms with Crippen LogP contribution in [0.3, 0.4) is 0 Å². The molecule has 3 amide bonds. The Morgan fingerprint density at radius 2 is 1.70 bits per heavy atom. The summed E-state index contributed by atoms with van der Waals surface area (Å²) >= 11 is 0. The van der Waals surface area contributed by atoms with Crippen molar-refractivity contribution < 1.29 is 19.2 Å². The highest BCUT2D eigenvalue weighted by Gasteiger charge is 2.22. The molecule has 0 spiro atoms. The van der Waals surface area contributed by atoms with Gasteiger partial charge in [-0.25, -0.2) is 5.48 Å². The molecule has 8 nitrogen and oxygen atoms in total. The minimum atomic E-state index is -1.08. The third-order valence-electron chi connectivity index (χ3n) is 4.43. The number of fused-ring (bicyclic) bond motifs is 1. The van der Waals surface area contributed by atoms with Crippen molar-refractivity contribution in [1.29, 1.82) is 0 Å². The maximum atomic E-state index is 12.4. The smallest absolute Gasteiger partial charge is 0.245 e. The molecule has 0 saturated carbocycles. The topological polar surface area (TPSA) is 123 Å². The SMILES string of the molecule is CC(C)CONC(=O)C[C@H](N)C(=O)N[C@@H](C)C(=O)NCc1cccc2ccccc12. The molecule has 5 N–H and O–H groups in total. The third-order valence-corrected chi connectivity index (χ3v) is 4.43. The summed E-state index contributed by atoms with van der Waals surface area (Å²) in [4.78, 5) is 41.3. The lowest BCUT2D eigenvalue weighted by Gasteiger charge is -2.18. The first-order valence-electron chi connectivity index (χ1n) is 9.99. The number of carbonyl (C=O) groups is 3. The number of amides is 3. The molecule has 2 aromatic rings. The highest BCUT2D eigenvalue weighted by molar-refractivity contribution is 5.92. The summed E-state index contributed by atoms with van der Waals surface area (Å²) in [6.45, 7) is 6.15. The summed E-state index contributed by atoms with van der Waals surface area (Å²) in [6.07, 6.45) is -0.242. The molecule has 0 aliphatic rings. The van der Waals surface area contributed by atoms with Crippen LogP contribution in [-0.4, -0.2) is 36.4 Å². The number of hydrogen-bond acceptors (Lipinski definition) is 5. The van der Waals surface area contributed by atoms with E-state index < -0.39 is 23.9 Å². The van der Waals surface area contributed by atoms with Crippen LogP contribution in [0.1, 0.15) is 32.8 Å². The van der Waals surface area contributed by atoms with Crippen LogP contribution in [0.4, 0.5) is 0 Å². The van der Waals surface area contributed by atoms with Gasteiger partial charge in [-0.2, -0.15) is 0 Å². The lowest BCUT2D eigenvalue weighted by atomic mass is 10.0. The Kier molecular flexibility index (Phi) is 8.76. The van der Waals surface area contributed by atoms with Crippen LogP contribution in [0.25, 0.3) is 10.8 Å². The van der Waals surface area contributed by atoms with Crippen molar-refractivity contribution in [2.75, 3.05) is 6.61 Å². The lowest BCUT2D eigenvalue weighted by Crippen LogP contribution is -2.51. The molecule has 162 valence electrons. The van der Waals surface area contributed by atoms with E-state index in [-0.39, 0.29) is 18.2 Å². The molecule has 30 heavy (non-hydrogen) atoms. The van der Waals surface area contributed by atoms with Crippen LogP contribution in [-0.2, 0) is 25.8 Å². The molecule has 0 saturated heterocycles. The van der Waals surface area contributed by atoms with Crippen LogP contribution in [0, 0.1) is 5.92 Å². The Bertz CT molecular complexity index is 879. The maximum Gasteiger partial charge on any atom is 0.245 e. The first-order valence-corrected chi connectivity index (χ1v) is 9.99. The van der Waals surface area contributed by atoms with Gasteiger partial charge in [-0.1, -0.05) is 56.3 Å². The molecule has 8 heteroatoms. The van der Waals surface area contributed by atoms with Crippen molar-refractivity contribution in [2.45, 2.75) is 45.8 Å². The number of carbonyl (C=O) groups excluding carboxylic acids is 3. The minimum Gasteiger partial charge on any atom is -0.350 e. The van der Waals surface area contributed by atoms with E-state index in [4.69, 9.17) is 10.6 Å². The van der Waals surface area contributed by atoms with Gasteiger partial charge < -0.3 is 16.4 Å². The largest absolute Gasteiger partial charge is 0.350 e. The molecule has 0 heterocycles. The van der Waals surface area contributed by atoms with E-state index in [1.54, 1.807) is 6.92 Å². The second kappa shape index (κ2) is 11.3. The van der Waals surface area contributed by atoms with Gasteiger partial charge in [0, 0.05) is 6.54 Å². The zero-order valence-corrected chi connectivity index (χ0v) is 17.6. The van der Waals surface area contributed by atoms with E-state index in [0.717, 1.165) is 16.3 Å². The van der Waals surface area contributed by atoms with Gasteiger partial charge in [0.1, 0.15) is 6.04 Å². The van der Waals surface area contributed by atoms with Crippen molar-refractivity contribution in [3.63, 3.8) is 0 Å². The first kappa shape index (κ1) is 23.3. The Labute approximate surface area is 176 Å². The van der Waals surface area contributed by atoms with Crippen LogP contribution in [0.5, 0.6) is 0 Å². The fraction of sp³-hybridized carbons (Fsp3) is 0.409. The van der Waals surface area contributed by atoms with Crippen molar-refractivity contribution >= 4 is 28.5 Å². The standard InChI is InChI=1S/C22H30N4O4/c1-14(2)13-30-26-20(27)11-19(23)22(29)25-15(3)21(28)24-12-17-9-6-8-16-7-4-5-10-18(16)17/h4-10,14-15,19H,11-13,23H2,1-3H3,(H,24,28)(H,25,29)(H,26,27)/t15-,19-/m0/s1. The number of nitrogens with two attached hydrogens (primary N) is 1. The van der Waals surface area contributed by atoms with Crippen molar-refractivity contribution in [1.82, 2.24) is 16.1 Å². The molecule has 0 aliphatic heterocycles. The van der Waals surface area contributed by atoms with E-state index >= 15 is 0 Å². The summed E-state index contributed by atoms with van der Waals surface area (Å²) in [6, 6.07) is 11.9. The van der Waals surface area contributed by atoms with Gasteiger partial charge >= 0.3 is 0 Å². The Morgan fingerprint density at radius 3 is 2.43 bits per heavy atom. The molecule has 2 rings (SSSR count). The first-order chi connectivity index (χ1) is 14.3. The number of nitrogens with one attached hydrogen (secondary N) is 3. The van der Waals surface area contributed by atoms with Crippen LogP contribution >= 0.6 is 0 Å². The summed E-state index contributed by atoms with van der Waals surface area (Å²) in [7, 11) is 0. The van der Waals surface area contributed by atoms with Crippen molar-refractivity contribution in [2.24, 2.45) is 11.7 Å². The van der Waals surface area contributed by atoms with E-state index in [1.807, 2.05) is 56.3 Å². The minimum absolute atomic E-state index is 0.242. The number of rotatable bonds is 10. The molecule has 2 aromatic carbocycles. The molecule has 0 unspecified atom stereocenters. The third kappa shape index (κ3) is 7.13. The van der Waals surface area contributed by atoms with Gasteiger partial charge in [0.2, 0.25) is 17.7 Å². The van der Waals surface area contributed by atoms with Gasteiger partial charge in [0.05, 0.1) is 19.1 Å². The summed E-state index contributed by atoms with van der Waals surface area (Å²) in [5, 5.41) is 7.51. The number of benzene rings is 2. The van der Waals surface area contributed by atoms with Crippen LogP contribution in [0.2, 0.25) is 0 Å². The summed E-state index contributed by atoms with van der Waals surface area (Å²) < 4.78 is 0. The Morgan fingerprint density at radius 1 is 1.00 bits per heavy atom. The fourth-order valence-corrected chi connectivity index (χ4v) is 2.79. The van der Waals surface area contributed by atoms with Crippen molar-refractivity contribution in [3.05, 3.63) is 48.0 Å². The molecule has 0 bridgehead atoms. The molecule has 2 atom stereocenters. The molecule has 0 aromatic heterocycles. The highest BCUT2D eigenvalue weighted by atomic mass is 16.6. The quantitative estimate of drug-likeness (QED) is 0.438. The average molecular weight is 415 g/mol. The highest BCUT2D eigenvalue weighted by Crippen LogP contribution is 2.18. The number of hydroxylamine groups is 1. The normalized spacial score (nSPS) is 13.0. The predicted molar refractivity (Wildman–Crippen MR) is 115 cm³/mol. The molecule has 0 radical (unpaired) electrons. The average Bonchev–Trinajstić information content (AvgIpc) is 2.71. The molecule has 0 fully saturated rings. The fourth-order valence-electron chi connectivity index (χ4n) is 2.79. The van der Waals surface area contributed by atoms with E-state index in [0.29, 0.717) is 13.2 Å². The van der Waals surface area contributed by atoms with Gasteiger partial charge in [0.15, 0.2) is 0 Å².